The van der Waals surface area contributed by atoms with Crippen LogP contribution < -0.4 is 0 Å². The van der Waals surface area contributed by atoms with Gasteiger partial charge in [0.2, 0.25) is 0 Å². The Morgan fingerprint density at radius 2 is 2.09 bits per heavy atom. The second-order valence-electron chi connectivity index (χ2n) is 3.03. The van der Waals surface area contributed by atoms with Crippen molar-refractivity contribution in [3.8, 4) is 0 Å². The fourth-order valence-corrected chi connectivity index (χ4v) is 0.577. The van der Waals surface area contributed by atoms with Crippen LogP contribution in [0.15, 0.2) is 0 Å². The summed E-state index contributed by atoms with van der Waals surface area (Å²) in [5, 5.41) is 9.91. The van der Waals surface area contributed by atoms with Gasteiger partial charge in [0, 0.05) is 7.05 Å². The molecule has 0 aliphatic rings. The molecule has 0 aromatic rings. The first-order valence-electron chi connectivity index (χ1n) is 3.39. The fourth-order valence-electron chi connectivity index (χ4n) is 0.577. The molecular weight excluding hydrogens is 146 g/mol. The third kappa shape index (κ3) is 2.48. The van der Waals surface area contributed by atoms with Gasteiger partial charge in [0.1, 0.15) is 0 Å². The molecule has 0 radical (unpaired) electrons. The van der Waals surface area contributed by atoms with Crippen LogP contribution in [0.5, 0.6) is 0 Å². The molecule has 11 heavy (non-hydrogen) atoms. The standard InChI is InChI=1S/C7H15NO3/c1-7(2,5-9)6(10)8(3)11-4/h9H,5H2,1-4H3. The van der Waals surface area contributed by atoms with E-state index in [1.807, 2.05) is 0 Å². The van der Waals surface area contributed by atoms with Crippen LogP contribution in [0.3, 0.4) is 0 Å². The monoisotopic (exact) mass is 161 g/mol. The van der Waals surface area contributed by atoms with E-state index in [-0.39, 0.29) is 12.5 Å². The average Bonchev–Trinajstić information content (AvgIpc) is 2.01. The molecular formula is C7H15NO3. The highest BCUT2D eigenvalue weighted by Gasteiger charge is 2.29. The molecule has 0 rings (SSSR count). The predicted molar refractivity (Wildman–Crippen MR) is 40.6 cm³/mol. The zero-order valence-electron chi connectivity index (χ0n) is 7.42. The van der Waals surface area contributed by atoms with Crippen molar-refractivity contribution in [1.82, 2.24) is 5.06 Å². The number of carbonyl (C=O) groups is 1. The normalized spacial score (nSPS) is 11.4. The van der Waals surface area contributed by atoms with Gasteiger partial charge in [-0.3, -0.25) is 9.63 Å². The van der Waals surface area contributed by atoms with Crippen molar-refractivity contribution in [2.45, 2.75) is 13.8 Å². The summed E-state index contributed by atoms with van der Waals surface area (Å²) in [5.41, 5.74) is -0.759. The number of hydrogen-bond donors (Lipinski definition) is 1. The molecule has 0 unspecified atom stereocenters. The Balaban J connectivity index is 4.23. The molecule has 1 N–H and O–H groups in total. The largest absolute Gasteiger partial charge is 0.395 e. The van der Waals surface area contributed by atoms with E-state index in [4.69, 9.17) is 5.11 Å². The Morgan fingerprint density at radius 3 is 2.36 bits per heavy atom. The van der Waals surface area contributed by atoms with Gasteiger partial charge in [0.25, 0.3) is 5.91 Å². The lowest BCUT2D eigenvalue weighted by atomic mass is 9.94. The lowest BCUT2D eigenvalue weighted by Gasteiger charge is -2.25. The van der Waals surface area contributed by atoms with Crippen LogP contribution in [0.1, 0.15) is 13.8 Å². The molecule has 0 spiro atoms. The van der Waals surface area contributed by atoms with E-state index in [0.29, 0.717) is 0 Å². The van der Waals surface area contributed by atoms with E-state index in [1.54, 1.807) is 13.8 Å². The molecule has 0 heterocycles. The van der Waals surface area contributed by atoms with Gasteiger partial charge in [-0.05, 0) is 13.8 Å². The predicted octanol–water partition coefficient (Wildman–Crippen LogP) is 0.0247. The summed E-state index contributed by atoms with van der Waals surface area (Å²) in [5.74, 6) is -0.234. The molecule has 0 aromatic carbocycles. The molecule has 0 bridgehead atoms. The van der Waals surface area contributed by atoms with Crippen molar-refractivity contribution in [3.63, 3.8) is 0 Å². The Hall–Kier alpha value is -0.610. The van der Waals surface area contributed by atoms with E-state index in [9.17, 15) is 4.79 Å². The first kappa shape index (κ1) is 10.4. The molecule has 66 valence electrons. The fraction of sp³-hybridized carbons (Fsp3) is 0.857. The summed E-state index contributed by atoms with van der Waals surface area (Å²) in [6, 6.07) is 0. The zero-order valence-corrected chi connectivity index (χ0v) is 7.42. The number of amides is 1. The molecule has 0 aliphatic heterocycles. The highest BCUT2D eigenvalue weighted by molar-refractivity contribution is 5.80. The quantitative estimate of drug-likeness (QED) is 0.594. The van der Waals surface area contributed by atoms with E-state index in [1.165, 1.54) is 14.2 Å². The van der Waals surface area contributed by atoms with Crippen molar-refractivity contribution in [1.29, 1.82) is 0 Å². The van der Waals surface area contributed by atoms with Crippen LogP contribution in [0.2, 0.25) is 0 Å². The van der Waals surface area contributed by atoms with Crippen molar-refractivity contribution in [2.24, 2.45) is 5.41 Å². The van der Waals surface area contributed by atoms with Crippen molar-refractivity contribution in [2.75, 3.05) is 20.8 Å². The number of aliphatic hydroxyl groups is 1. The maximum Gasteiger partial charge on any atom is 0.253 e. The Morgan fingerprint density at radius 1 is 1.64 bits per heavy atom. The number of hydroxylamine groups is 2. The summed E-state index contributed by atoms with van der Waals surface area (Å²) >= 11 is 0. The molecule has 4 heteroatoms. The molecule has 0 aromatic heterocycles. The Kier molecular flexibility index (Phi) is 3.48. The minimum absolute atomic E-state index is 0.181. The second-order valence-corrected chi connectivity index (χ2v) is 3.03. The van der Waals surface area contributed by atoms with Crippen LogP contribution in [-0.2, 0) is 9.63 Å². The second kappa shape index (κ2) is 3.69. The number of nitrogens with zero attached hydrogens (tertiary/aromatic N) is 1. The van der Waals surface area contributed by atoms with Crippen LogP contribution >= 0.6 is 0 Å². The van der Waals surface area contributed by atoms with Gasteiger partial charge in [-0.15, -0.1) is 0 Å². The van der Waals surface area contributed by atoms with Gasteiger partial charge in [-0.25, -0.2) is 5.06 Å². The van der Waals surface area contributed by atoms with Crippen LogP contribution in [0, 0.1) is 5.41 Å². The van der Waals surface area contributed by atoms with Gasteiger partial charge in [-0.1, -0.05) is 0 Å². The molecule has 0 saturated heterocycles. The van der Waals surface area contributed by atoms with Crippen LogP contribution in [0.4, 0.5) is 0 Å². The first-order chi connectivity index (χ1) is 4.95. The SMILES string of the molecule is CON(C)C(=O)C(C)(C)CO. The molecule has 1 amide bonds. The van der Waals surface area contributed by atoms with Gasteiger partial charge in [0.05, 0.1) is 19.1 Å². The van der Waals surface area contributed by atoms with Crippen molar-refractivity contribution < 1.29 is 14.7 Å². The zero-order chi connectivity index (χ0) is 9.07. The van der Waals surface area contributed by atoms with Gasteiger partial charge in [-0.2, -0.15) is 0 Å². The van der Waals surface area contributed by atoms with Gasteiger partial charge in [0.15, 0.2) is 0 Å². The topological polar surface area (TPSA) is 49.8 Å². The summed E-state index contributed by atoms with van der Waals surface area (Å²) < 4.78 is 0. The minimum atomic E-state index is -0.759. The number of carbonyl (C=O) groups excluding carboxylic acids is 1. The van der Waals surface area contributed by atoms with E-state index < -0.39 is 5.41 Å². The summed E-state index contributed by atoms with van der Waals surface area (Å²) in [4.78, 5) is 15.9. The first-order valence-corrected chi connectivity index (χ1v) is 3.39. The van der Waals surface area contributed by atoms with E-state index in [2.05, 4.69) is 4.84 Å². The Bertz CT molecular complexity index is 145. The summed E-state index contributed by atoms with van der Waals surface area (Å²) in [7, 11) is 2.92. The highest BCUT2D eigenvalue weighted by Crippen LogP contribution is 2.16. The molecule has 0 aliphatic carbocycles. The molecule has 0 atom stereocenters. The van der Waals surface area contributed by atoms with Crippen molar-refractivity contribution in [3.05, 3.63) is 0 Å². The number of aliphatic hydroxyl groups excluding tert-OH is 1. The minimum Gasteiger partial charge on any atom is -0.395 e. The summed E-state index contributed by atoms with van der Waals surface area (Å²) in [6.45, 7) is 3.13. The van der Waals surface area contributed by atoms with E-state index in [0.717, 1.165) is 5.06 Å². The smallest absolute Gasteiger partial charge is 0.253 e. The van der Waals surface area contributed by atoms with Gasteiger partial charge >= 0.3 is 0 Å². The summed E-state index contributed by atoms with van der Waals surface area (Å²) in [6.07, 6.45) is 0. The van der Waals surface area contributed by atoms with Gasteiger partial charge < -0.3 is 5.11 Å². The maximum atomic E-state index is 11.3. The number of hydrogen-bond acceptors (Lipinski definition) is 3. The van der Waals surface area contributed by atoms with Crippen LogP contribution in [-0.4, -0.2) is 36.8 Å². The third-order valence-electron chi connectivity index (χ3n) is 1.53. The highest BCUT2D eigenvalue weighted by atomic mass is 16.7. The Labute approximate surface area is 66.7 Å². The maximum absolute atomic E-state index is 11.3. The van der Waals surface area contributed by atoms with Crippen molar-refractivity contribution >= 4 is 5.91 Å². The van der Waals surface area contributed by atoms with E-state index >= 15 is 0 Å². The molecule has 0 saturated carbocycles. The lowest BCUT2D eigenvalue weighted by molar-refractivity contribution is -0.180. The lowest BCUT2D eigenvalue weighted by Crippen LogP contribution is -2.39. The number of rotatable bonds is 3. The molecule has 4 nitrogen and oxygen atoms in total. The molecule has 0 fully saturated rings. The van der Waals surface area contributed by atoms with Crippen LogP contribution in [0.25, 0.3) is 0 Å². The average molecular weight is 161 g/mol. The third-order valence-corrected chi connectivity index (χ3v) is 1.53.